The lowest BCUT2D eigenvalue weighted by atomic mass is 9.82. The predicted octanol–water partition coefficient (Wildman–Crippen LogP) is 3.04. The maximum Gasteiger partial charge on any atom is 0.273 e. The van der Waals surface area contributed by atoms with Crippen LogP contribution in [0.15, 0.2) is 16.6 Å². The minimum absolute atomic E-state index is 0.112. The lowest BCUT2D eigenvalue weighted by molar-refractivity contribution is -0.385. The van der Waals surface area contributed by atoms with Gasteiger partial charge in [0.25, 0.3) is 5.69 Å². The lowest BCUT2D eigenvalue weighted by Crippen LogP contribution is -2.38. The average Bonchev–Trinajstić information content (AvgIpc) is 2.30. The van der Waals surface area contributed by atoms with Crippen molar-refractivity contribution < 1.29 is 9.66 Å². The number of nitro groups is 1. The quantitative estimate of drug-likeness (QED) is 0.666. The highest BCUT2D eigenvalue weighted by Gasteiger charge is 2.31. The summed E-state index contributed by atoms with van der Waals surface area (Å²) < 4.78 is 6.52. The van der Waals surface area contributed by atoms with Gasteiger partial charge in [-0.1, -0.05) is 0 Å². The van der Waals surface area contributed by atoms with E-state index in [0.717, 1.165) is 19.4 Å². The molecule has 0 atom stereocenters. The topological polar surface area (TPSA) is 64.4 Å². The van der Waals surface area contributed by atoms with Crippen molar-refractivity contribution >= 4 is 21.6 Å². The first-order valence-corrected chi connectivity index (χ1v) is 7.06. The first kappa shape index (κ1) is 14.3. The summed E-state index contributed by atoms with van der Waals surface area (Å²) >= 11 is 3.34. The van der Waals surface area contributed by atoms with Gasteiger partial charge >= 0.3 is 0 Å². The molecule has 0 aliphatic heterocycles. The Labute approximate surface area is 120 Å². The van der Waals surface area contributed by atoms with E-state index in [1.54, 1.807) is 13.0 Å². The molecule has 1 aliphatic carbocycles. The number of aryl methyl sites for hydroxylation is 1. The van der Waals surface area contributed by atoms with E-state index >= 15 is 0 Å². The fourth-order valence-corrected chi connectivity index (χ4v) is 2.76. The van der Waals surface area contributed by atoms with Crippen LogP contribution >= 0.6 is 15.9 Å². The van der Waals surface area contributed by atoms with Crippen LogP contribution in [0, 0.1) is 23.0 Å². The van der Waals surface area contributed by atoms with Crippen LogP contribution in [0.1, 0.15) is 18.4 Å². The monoisotopic (exact) mass is 328 g/mol. The number of ether oxygens (including phenoxy) is 1. The number of nitrogens with one attached hydrogen (secondary N) is 1. The van der Waals surface area contributed by atoms with Crippen LogP contribution in [0.2, 0.25) is 0 Å². The van der Waals surface area contributed by atoms with E-state index in [2.05, 4.69) is 21.2 Å². The third-order valence-corrected chi connectivity index (χ3v) is 4.05. The highest BCUT2D eigenvalue weighted by atomic mass is 79.9. The highest BCUT2D eigenvalue weighted by molar-refractivity contribution is 9.10. The first-order valence-electron chi connectivity index (χ1n) is 6.27. The smallest absolute Gasteiger partial charge is 0.273 e. The van der Waals surface area contributed by atoms with Gasteiger partial charge in [-0.3, -0.25) is 10.1 Å². The molecule has 0 spiro atoms. The van der Waals surface area contributed by atoms with E-state index in [0.29, 0.717) is 21.7 Å². The second-order valence-corrected chi connectivity index (χ2v) is 5.82. The van der Waals surface area contributed by atoms with Crippen molar-refractivity contribution in [1.82, 2.24) is 5.32 Å². The number of rotatable bonds is 5. The number of benzene rings is 1. The third-order valence-electron chi connectivity index (χ3n) is 3.43. The van der Waals surface area contributed by atoms with E-state index < -0.39 is 0 Å². The van der Waals surface area contributed by atoms with E-state index in [1.807, 2.05) is 7.05 Å². The maximum atomic E-state index is 10.8. The van der Waals surface area contributed by atoms with Crippen LogP contribution in [0.25, 0.3) is 0 Å². The van der Waals surface area contributed by atoms with Gasteiger partial charge in [0.05, 0.1) is 15.5 Å². The van der Waals surface area contributed by atoms with Crippen molar-refractivity contribution in [3.8, 4) is 5.75 Å². The molecule has 1 aromatic carbocycles. The maximum absolute atomic E-state index is 10.8. The zero-order chi connectivity index (χ0) is 14.0. The molecule has 0 unspecified atom stereocenters. The molecule has 0 amide bonds. The summed E-state index contributed by atoms with van der Waals surface area (Å²) in [6.45, 7) is 2.74. The number of hydrogen-bond donors (Lipinski definition) is 1. The lowest BCUT2D eigenvalue weighted by Gasteiger charge is -2.35. The van der Waals surface area contributed by atoms with Crippen molar-refractivity contribution in [1.29, 1.82) is 0 Å². The van der Waals surface area contributed by atoms with Gasteiger partial charge in [0, 0.05) is 11.6 Å². The van der Waals surface area contributed by atoms with Gasteiger partial charge in [0.2, 0.25) is 0 Å². The molecule has 1 aliphatic rings. The molecule has 0 bridgehead atoms. The molecule has 6 heteroatoms. The molecule has 1 N–H and O–H groups in total. The van der Waals surface area contributed by atoms with E-state index in [-0.39, 0.29) is 16.7 Å². The highest BCUT2D eigenvalue weighted by Crippen LogP contribution is 2.37. The summed E-state index contributed by atoms with van der Waals surface area (Å²) in [5.41, 5.74) is 0.732. The van der Waals surface area contributed by atoms with E-state index in [1.165, 1.54) is 6.07 Å². The second-order valence-electron chi connectivity index (χ2n) is 4.96. The summed E-state index contributed by atoms with van der Waals surface area (Å²) in [5.74, 6) is 1.36. The molecule has 0 aromatic heterocycles. The molecule has 2 rings (SSSR count). The predicted molar refractivity (Wildman–Crippen MR) is 76.6 cm³/mol. The van der Waals surface area contributed by atoms with Crippen molar-refractivity contribution in [2.24, 2.45) is 5.92 Å². The Morgan fingerprint density at radius 2 is 2.21 bits per heavy atom. The van der Waals surface area contributed by atoms with Gasteiger partial charge in [-0.25, -0.2) is 0 Å². The Bertz CT molecular complexity index is 487. The Morgan fingerprint density at radius 1 is 1.53 bits per heavy atom. The second kappa shape index (κ2) is 5.88. The van der Waals surface area contributed by atoms with Gasteiger partial charge in [0.1, 0.15) is 5.75 Å². The van der Waals surface area contributed by atoms with Crippen LogP contribution in [0.5, 0.6) is 5.75 Å². The molecule has 0 heterocycles. The normalized spacial score (nSPS) is 21.8. The minimum atomic E-state index is -0.379. The molecule has 1 fully saturated rings. The van der Waals surface area contributed by atoms with Crippen LogP contribution in [-0.2, 0) is 0 Å². The summed E-state index contributed by atoms with van der Waals surface area (Å²) in [4.78, 5) is 10.4. The van der Waals surface area contributed by atoms with Crippen molar-refractivity contribution in [2.45, 2.75) is 25.9 Å². The molecule has 1 aromatic rings. The zero-order valence-corrected chi connectivity index (χ0v) is 12.6. The Morgan fingerprint density at radius 3 is 2.79 bits per heavy atom. The molecule has 5 nitrogen and oxygen atoms in total. The van der Waals surface area contributed by atoms with Crippen molar-refractivity contribution in [3.05, 3.63) is 32.3 Å². The van der Waals surface area contributed by atoms with E-state index in [9.17, 15) is 10.1 Å². The molecular formula is C13H17BrN2O3. The number of hydrogen-bond acceptors (Lipinski definition) is 4. The van der Waals surface area contributed by atoms with Gasteiger partial charge in [-0.15, -0.1) is 0 Å². The molecule has 1 saturated carbocycles. The SMILES string of the molecule is CNCC1CC(Oc2cc(C)c([N+](=O)[O-])cc2Br)C1. The third kappa shape index (κ3) is 3.25. The minimum Gasteiger partial charge on any atom is -0.489 e. The summed E-state index contributed by atoms with van der Waals surface area (Å²) in [5, 5.41) is 14.0. The Kier molecular flexibility index (Phi) is 4.42. The zero-order valence-electron chi connectivity index (χ0n) is 11.0. The average molecular weight is 329 g/mol. The molecule has 104 valence electrons. The first-order chi connectivity index (χ1) is 9.01. The van der Waals surface area contributed by atoms with Crippen molar-refractivity contribution in [3.63, 3.8) is 0 Å². The fraction of sp³-hybridized carbons (Fsp3) is 0.538. The van der Waals surface area contributed by atoms with E-state index in [4.69, 9.17) is 4.74 Å². The standard InChI is InChI=1S/C13H17BrN2O3/c1-8-3-13(11(14)6-12(8)16(17)18)19-10-4-9(5-10)7-15-2/h3,6,9-10,15H,4-5,7H2,1-2H3. The molecule has 19 heavy (non-hydrogen) atoms. The number of halogens is 1. The van der Waals surface area contributed by atoms with Crippen LogP contribution in [0.3, 0.4) is 0 Å². The van der Waals surface area contributed by atoms with Crippen LogP contribution < -0.4 is 10.1 Å². The summed E-state index contributed by atoms with van der Waals surface area (Å²) in [7, 11) is 1.95. The Balaban J connectivity index is 2.02. The Hall–Kier alpha value is -1.14. The largest absolute Gasteiger partial charge is 0.489 e. The molecule has 0 radical (unpaired) electrons. The molecular weight excluding hydrogens is 312 g/mol. The van der Waals surface area contributed by atoms with Crippen molar-refractivity contribution in [2.75, 3.05) is 13.6 Å². The van der Waals surface area contributed by atoms with Crippen LogP contribution in [0.4, 0.5) is 5.69 Å². The fourth-order valence-electron chi connectivity index (χ4n) is 2.34. The van der Waals surface area contributed by atoms with Crippen LogP contribution in [-0.4, -0.2) is 24.6 Å². The van der Waals surface area contributed by atoms with Gasteiger partial charge < -0.3 is 10.1 Å². The molecule has 0 saturated heterocycles. The number of nitrogens with zero attached hydrogens (tertiary/aromatic N) is 1. The van der Waals surface area contributed by atoms with Gasteiger partial charge in [0.15, 0.2) is 0 Å². The van der Waals surface area contributed by atoms with Gasteiger partial charge in [-0.05, 0) is 61.3 Å². The number of nitro benzene ring substituents is 1. The van der Waals surface area contributed by atoms with Gasteiger partial charge in [-0.2, -0.15) is 0 Å². The summed E-state index contributed by atoms with van der Waals surface area (Å²) in [6, 6.07) is 3.24. The summed E-state index contributed by atoms with van der Waals surface area (Å²) in [6.07, 6.45) is 2.28.